The Labute approximate surface area is 112 Å². The maximum atomic E-state index is 13.1. The van der Waals surface area contributed by atoms with Crippen molar-refractivity contribution in [2.45, 2.75) is 33.0 Å². The molecule has 0 saturated heterocycles. The van der Waals surface area contributed by atoms with E-state index in [-0.39, 0.29) is 5.82 Å². The van der Waals surface area contributed by atoms with Gasteiger partial charge in [0.15, 0.2) is 5.75 Å². The Bertz CT molecular complexity index is 539. The lowest BCUT2D eigenvalue weighted by Crippen LogP contribution is -2.05. The van der Waals surface area contributed by atoms with E-state index in [1.807, 2.05) is 10.9 Å². The summed E-state index contributed by atoms with van der Waals surface area (Å²) in [6.07, 6.45) is 4.56. The largest absolute Gasteiger partial charge is 0.486 e. The third-order valence-electron chi connectivity index (χ3n) is 2.84. The second-order valence-corrected chi connectivity index (χ2v) is 4.34. The lowest BCUT2D eigenvalue weighted by Gasteiger charge is -2.08. The van der Waals surface area contributed by atoms with Crippen LogP contribution in [0.15, 0.2) is 30.6 Å². The van der Waals surface area contributed by atoms with Crippen molar-refractivity contribution in [2.75, 3.05) is 0 Å². The summed E-state index contributed by atoms with van der Waals surface area (Å²) in [7, 11) is 0. The molecule has 19 heavy (non-hydrogen) atoms. The molecule has 2 rings (SSSR count). The quantitative estimate of drug-likeness (QED) is 0.871. The Hall–Kier alpha value is -1.88. The number of benzene rings is 1. The van der Waals surface area contributed by atoms with Crippen molar-refractivity contribution in [2.24, 2.45) is 5.73 Å². The van der Waals surface area contributed by atoms with Gasteiger partial charge < -0.3 is 10.5 Å². The van der Waals surface area contributed by atoms with E-state index >= 15 is 0 Å². The van der Waals surface area contributed by atoms with Crippen molar-refractivity contribution >= 4 is 0 Å². The Morgan fingerprint density at radius 2 is 2.21 bits per heavy atom. The summed E-state index contributed by atoms with van der Waals surface area (Å²) >= 11 is 0. The zero-order valence-corrected chi connectivity index (χ0v) is 11.0. The fourth-order valence-corrected chi connectivity index (χ4v) is 1.86. The van der Waals surface area contributed by atoms with Crippen LogP contribution in [0.2, 0.25) is 0 Å². The van der Waals surface area contributed by atoms with Gasteiger partial charge in [0.05, 0.1) is 12.4 Å². The highest BCUT2D eigenvalue weighted by atomic mass is 19.1. The lowest BCUT2D eigenvalue weighted by atomic mass is 10.1. The van der Waals surface area contributed by atoms with Crippen LogP contribution in [0.5, 0.6) is 5.75 Å². The summed E-state index contributed by atoms with van der Waals surface area (Å²) in [5.41, 5.74) is 7.25. The summed E-state index contributed by atoms with van der Waals surface area (Å²) in [4.78, 5) is 0. The fraction of sp³-hybridized carbons (Fsp3) is 0.357. The van der Waals surface area contributed by atoms with Gasteiger partial charge in [-0.3, -0.25) is 4.68 Å². The average molecular weight is 263 g/mol. The van der Waals surface area contributed by atoms with Crippen molar-refractivity contribution in [3.63, 3.8) is 0 Å². The summed E-state index contributed by atoms with van der Waals surface area (Å²) in [6.45, 7) is 3.62. The van der Waals surface area contributed by atoms with Gasteiger partial charge in [-0.25, -0.2) is 4.39 Å². The fourth-order valence-electron chi connectivity index (χ4n) is 1.86. The molecule has 0 radical (unpaired) electrons. The molecule has 1 aromatic carbocycles. The van der Waals surface area contributed by atoms with Crippen LogP contribution in [-0.4, -0.2) is 9.78 Å². The Morgan fingerprint density at radius 1 is 1.37 bits per heavy atom. The van der Waals surface area contributed by atoms with E-state index in [0.29, 0.717) is 18.9 Å². The molecule has 0 spiro atoms. The van der Waals surface area contributed by atoms with Gasteiger partial charge in [-0.05, 0) is 29.7 Å². The first-order chi connectivity index (χ1) is 9.22. The van der Waals surface area contributed by atoms with E-state index in [1.165, 1.54) is 12.1 Å². The summed E-state index contributed by atoms with van der Waals surface area (Å²) < 4.78 is 20.6. The molecule has 5 heteroatoms. The van der Waals surface area contributed by atoms with Gasteiger partial charge in [0.1, 0.15) is 12.4 Å². The third-order valence-corrected chi connectivity index (χ3v) is 2.84. The summed E-state index contributed by atoms with van der Waals surface area (Å²) in [6, 6.07) is 4.56. The van der Waals surface area contributed by atoms with E-state index in [2.05, 4.69) is 12.0 Å². The maximum absolute atomic E-state index is 13.1. The molecule has 2 aromatic rings. The molecule has 4 nitrogen and oxygen atoms in total. The second-order valence-electron chi connectivity index (χ2n) is 4.34. The van der Waals surface area contributed by atoms with Gasteiger partial charge in [0.2, 0.25) is 0 Å². The standard InChI is InChI=1S/C14H18FN3O/c1-2-5-18-9-14(8-17-18)19-10-11-3-4-13(15)6-12(11)7-16/h3-4,6,8-9H,2,5,7,10,16H2,1H3. The number of hydrogen-bond acceptors (Lipinski definition) is 3. The molecule has 0 aliphatic heterocycles. The van der Waals surface area contributed by atoms with Crippen LogP contribution in [0.1, 0.15) is 24.5 Å². The van der Waals surface area contributed by atoms with E-state index in [1.54, 1.807) is 12.3 Å². The van der Waals surface area contributed by atoms with Crippen molar-refractivity contribution < 1.29 is 9.13 Å². The van der Waals surface area contributed by atoms with E-state index in [9.17, 15) is 4.39 Å². The predicted molar refractivity (Wildman–Crippen MR) is 71.1 cm³/mol. The minimum Gasteiger partial charge on any atom is -0.486 e. The van der Waals surface area contributed by atoms with Crippen LogP contribution in [0.4, 0.5) is 4.39 Å². The number of rotatable bonds is 6. The molecule has 0 aliphatic carbocycles. The molecular formula is C14H18FN3O. The van der Waals surface area contributed by atoms with Crippen molar-refractivity contribution in [3.8, 4) is 5.75 Å². The number of ether oxygens (including phenoxy) is 1. The monoisotopic (exact) mass is 263 g/mol. The van der Waals surface area contributed by atoms with Crippen molar-refractivity contribution in [1.29, 1.82) is 0 Å². The number of nitrogens with zero attached hydrogens (tertiary/aromatic N) is 2. The highest BCUT2D eigenvalue weighted by molar-refractivity contribution is 5.28. The van der Waals surface area contributed by atoms with Crippen LogP contribution >= 0.6 is 0 Å². The first kappa shape index (κ1) is 13.5. The van der Waals surface area contributed by atoms with Crippen molar-refractivity contribution in [1.82, 2.24) is 9.78 Å². The Balaban J connectivity index is 2.01. The summed E-state index contributed by atoms with van der Waals surface area (Å²) in [5.74, 6) is 0.431. The topological polar surface area (TPSA) is 53.1 Å². The zero-order chi connectivity index (χ0) is 13.7. The van der Waals surface area contributed by atoms with E-state index < -0.39 is 0 Å². The molecule has 1 heterocycles. The Kier molecular flexibility index (Phi) is 4.52. The first-order valence-corrected chi connectivity index (χ1v) is 6.35. The van der Waals surface area contributed by atoms with Crippen LogP contribution in [0.3, 0.4) is 0 Å². The molecule has 0 aliphatic rings. The second kappa shape index (κ2) is 6.33. The molecule has 0 amide bonds. The number of nitrogens with two attached hydrogens (primary N) is 1. The molecule has 0 fully saturated rings. The number of halogens is 1. The SMILES string of the molecule is CCCn1cc(OCc2ccc(F)cc2CN)cn1. The van der Waals surface area contributed by atoms with E-state index in [4.69, 9.17) is 10.5 Å². The zero-order valence-electron chi connectivity index (χ0n) is 11.0. The van der Waals surface area contributed by atoms with Gasteiger partial charge in [0.25, 0.3) is 0 Å². The molecule has 0 unspecified atom stereocenters. The molecule has 0 saturated carbocycles. The number of aryl methyl sites for hydroxylation is 1. The molecule has 0 atom stereocenters. The molecule has 102 valence electrons. The van der Waals surface area contributed by atoms with Crippen LogP contribution in [0, 0.1) is 5.82 Å². The van der Waals surface area contributed by atoms with Gasteiger partial charge in [-0.1, -0.05) is 13.0 Å². The maximum Gasteiger partial charge on any atom is 0.157 e. The molecular weight excluding hydrogens is 245 g/mol. The molecule has 1 aromatic heterocycles. The van der Waals surface area contributed by atoms with Gasteiger partial charge in [-0.15, -0.1) is 0 Å². The predicted octanol–water partition coefficient (Wildman–Crippen LogP) is 2.47. The molecule has 2 N–H and O–H groups in total. The number of hydrogen-bond donors (Lipinski definition) is 1. The normalized spacial score (nSPS) is 10.7. The number of aromatic nitrogens is 2. The minimum atomic E-state index is -0.278. The van der Waals surface area contributed by atoms with Gasteiger partial charge >= 0.3 is 0 Å². The minimum absolute atomic E-state index is 0.278. The van der Waals surface area contributed by atoms with E-state index in [0.717, 1.165) is 24.1 Å². The van der Waals surface area contributed by atoms with Crippen LogP contribution in [0.25, 0.3) is 0 Å². The first-order valence-electron chi connectivity index (χ1n) is 6.35. The molecule has 0 bridgehead atoms. The lowest BCUT2D eigenvalue weighted by molar-refractivity contribution is 0.304. The highest BCUT2D eigenvalue weighted by Gasteiger charge is 2.05. The highest BCUT2D eigenvalue weighted by Crippen LogP contribution is 2.15. The third kappa shape index (κ3) is 3.54. The van der Waals surface area contributed by atoms with Crippen LogP contribution in [-0.2, 0) is 19.7 Å². The van der Waals surface area contributed by atoms with Crippen molar-refractivity contribution in [3.05, 3.63) is 47.5 Å². The summed E-state index contributed by atoms with van der Waals surface area (Å²) in [5, 5.41) is 4.18. The smallest absolute Gasteiger partial charge is 0.157 e. The van der Waals surface area contributed by atoms with Crippen LogP contribution < -0.4 is 10.5 Å². The van der Waals surface area contributed by atoms with Gasteiger partial charge in [-0.2, -0.15) is 5.10 Å². The average Bonchev–Trinajstić information content (AvgIpc) is 2.85. The van der Waals surface area contributed by atoms with Gasteiger partial charge in [0, 0.05) is 13.1 Å². The Morgan fingerprint density at radius 3 is 2.95 bits per heavy atom.